The molecule has 1 unspecified atom stereocenters. The zero-order valence-corrected chi connectivity index (χ0v) is 22.5. The normalized spacial score (nSPS) is 17.3. The van der Waals surface area contributed by atoms with E-state index in [1.807, 2.05) is 24.3 Å². The third kappa shape index (κ3) is 4.69. The van der Waals surface area contributed by atoms with Crippen LogP contribution >= 0.6 is 11.6 Å². The third-order valence-electron chi connectivity index (χ3n) is 6.70. The summed E-state index contributed by atoms with van der Waals surface area (Å²) in [6.07, 6.45) is 0. The molecule has 0 bridgehead atoms. The minimum atomic E-state index is -0.877. The van der Waals surface area contributed by atoms with E-state index in [9.17, 15) is 14.7 Å². The van der Waals surface area contributed by atoms with Gasteiger partial charge in [0, 0.05) is 16.8 Å². The molecule has 1 fully saturated rings. The van der Waals surface area contributed by atoms with Crippen LogP contribution in [0.3, 0.4) is 0 Å². The number of carbonyl (C=O) groups is 2. The number of Topliss-reactive ketones (excluding diaryl/α,β-unsaturated/α-hetero) is 1. The highest BCUT2D eigenvalue weighted by atomic mass is 35.5. The molecule has 1 amide bonds. The maximum Gasteiger partial charge on any atom is 0.300 e. The van der Waals surface area contributed by atoms with Crippen molar-refractivity contribution < 1.29 is 24.2 Å². The van der Waals surface area contributed by atoms with Crippen molar-refractivity contribution in [1.82, 2.24) is 0 Å². The monoisotopic (exact) mass is 519 g/mol. The topological polar surface area (TPSA) is 76.1 Å². The maximum atomic E-state index is 13.5. The second kappa shape index (κ2) is 9.94. The van der Waals surface area contributed by atoms with Gasteiger partial charge in [-0.05, 0) is 53.3 Å². The van der Waals surface area contributed by atoms with Crippen LogP contribution in [0.25, 0.3) is 5.76 Å². The summed E-state index contributed by atoms with van der Waals surface area (Å²) in [5.41, 5.74) is 3.10. The van der Waals surface area contributed by atoms with Gasteiger partial charge in [0.1, 0.15) is 17.3 Å². The van der Waals surface area contributed by atoms with Gasteiger partial charge >= 0.3 is 0 Å². The van der Waals surface area contributed by atoms with Crippen LogP contribution in [-0.4, -0.2) is 31.0 Å². The van der Waals surface area contributed by atoms with E-state index in [1.165, 1.54) is 19.1 Å². The number of ether oxygens (including phenoxy) is 2. The van der Waals surface area contributed by atoms with E-state index in [1.54, 1.807) is 43.3 Å². The lowest BCUT2D eigenvalue weighted by Crippen LogP contribution is -2.30. The maximum absolute atomic E-state index is 13.5. The number of carbonyl (C=O) groups excluding carboxylic acids is 2. The first kappa shape index (κ1) is 26.3. The standard InChI is InChI=1S/C30H30ClNO5/c1-17-22(31)8-7-9-23(17)32-26(18-10-12-19(13-11-18)30(2,3)4)25(28(34)29(32)35)27(33)21-15-14-20(36-5)16-24(21)37-6/h7-16,26,33H,1-6H3/b27-25+. The Morgan fingerprint density at radius 2 is 1.65 bits per heavy atom. The van der Waals surface area contributed by atoms with E-state index in [0.717, 1.165) is 5.56 Å². The van der Waals surface area contributed by atoms with E-state index in [-0.39, 0.29) is 22.3 Å². The number of halogens is 1. The number of methoxy groups -OCH3 is 2. The number of hydrogen-bond acceptors (Lipinski definition) is 5. The van der Waals surface area contributed by atoms with Crippen molar-refractivity contribution in [3.63, 3.8) is 0 Å². The summed E-state index contributed by atoms with van der Waals surface area (Å²) in [6.45, 7) is 8.13. The van der Waals surface area contributed by atoms with Crippen LogP contribution in [0.1, 0.15) is 49.1 Å². The minimum absolute atomic E-state index is 0.0312. The fraction of sp³-hybridized carbons (Fsp3) is 0.267. The molecule has 37 heavy (non-hydrogen) atoms. The number of nitrogens with zero attached hydrogens (tertiary/aromatic N) is 1. The Kier molecular flexibility index (Phi) is 7.07. The SMILES string of the molecule is COc1ccc(/C(O)=C2\C(=O)C(=O)N(c3cccc(Cl)c3C)C2c2ccc(C(C)(C)C)cc2)c(OC)c1. The van der Waals surface area contributed by atoms with Gasteiger partial charge in [0.15, 0.2) is 0 Å². The van der Waals surface area contributed by atoms with Crippen molar-refractivity contribution in [2.45, 2.75) is 39.2 Å². The molecule has 3 aromatic rings. The fourth-order valence-electron chi connectivity index (χ4n) is 4.56. The molecular weight excluding hydrogens is 490 g/mol. The molecule has 1 aliphatic heterocycles. The molecule has 1 N–H and O–H groups in total. The predicted octanol–water partition coefficient (Wildman–Crippen LogP) is 6.59. The van der Waals surface area contributed by atoms with Gasteiger partial charge in [-0.25, -0.2) is 0 Å². The lowest BCUT2D eigenvalue weighted by atomic mass is 9.85. The number of amides is 1. The molecular formula is C30H30ClNO5. The zero-order chi connectivity index (χ0) is 27.1. The van der Waals surface area contributed by atoms with Gasteiger partial charge in [-0.2, -0.15) is 0 Å². The van der Waals surface area contributed by atoms with Gasteiger partial charge in [0.05, 0.1) is 31.4 Å². The first-order valence-corrected chi connectivity index (χ1v) is 12.3. The van der Waals surface area contributed by atoms with Gasteiger partial charge in [-0.15, -0.1) is 0 Å². The van der Waals surface area contributed by atoms with E-state index in [2.05, 4.69) is 20.8 Å². The Bertz CT molecular complexity index is 1400. The Morgan fingerprint density at radius 1 is 0.973 bits per heavy atom. The van der Waals surface area contributed by atoms with Crippen molar-refractivity contribution in [1.29, 1.82) is 0 Å². The van der Waals surface area contributed by atoms with Gasteiger partial charge < -0.3 is 14.6 Å². The smallest absolute Gasteiger partial charge is 0.300 e. The minimum Gasteiger partial charge on any atom is -0.507 e. The summed E-state index contributed by atoms with van der Waals surface area (Å²) in [7, 11) is 2.98. The lowest BCUT2D eigenvalue weighted by Gasteiger charge is -2.28. The van der Waals surface area contributed by atoms with Gasteiger partial charge in [-0.1, -0.05) is 62.7 Å². The summed E-state index contributed by atoms with van der Waals surface area (Å²) in [6, 6.07) is 16.9. The Labute approximate surface area is 222 Å². The lowest BCUT2D eigenvalue weighted by molar-refractivity contribution is -0.132. The summed E-state index contributed by atoms with van der Waals surface area (Å²) >= 11 is 6.39. The van der Waals surface area contributed by atoms with Crippen molar-refractivity contribution in [2.24, 2.45) is 0 Å². The Morgan fingerprint density at radius 3 is 2.24 bits per heavy atom. The third-order valence-corrected chi connectivity index (χ3v) is 7.11. The van der Waals surface area contributed by atoms with Gasteiger partial charge in [-0.3, -0.25) is 14.5 Å². The van der Waals surface area contributed by atoms with Crippen LogP contribution in [0.5, 0.6) is 11.5 Å². The second-order valence-corrected chi connectivity index (χ2v) is 10.4. The molecule has 1 aliphatic rings. The Hall–Kier alpha value is -3.77. The average molecular weight is 520 g/mol. The molecule has 1 saturated heterocycles. The molecule has 192 valence electrons. The molecule has 3 aromatic carbocycles. The largest absolute Gasteiger partial charge is 0.507 e. The molecule has 7 heteroatoms. The number of ketones is 1. The molecule has 0 aromatic heterocycles. The van der Waals surface area contributed by atoms with Crippen molar-refractivity contribution >= 4 is 34.7 Å². The van der Waals surface area contributed by atoms with Gasteiger partial charge in [0.2, 0.25) is 0 Å². The quantitative estimate of drug-likeness (QED) is 0.234. The van der Waals surface area contributed by atoms with E-state index in [4.69, 9.17) is 21.1 Å². The molecule has 0 saturated carbocycles. The van der Waals surface area contributed by atoms with Crippen LogP contribution < -0.4 is 14.4 Å². The molecule has 6 nitrogen and oxygen atoms in total. The van der Waals surface area contributed by atoms with Crippen LogP contribution in [0.15, 0.2) is 66.2 Å². The van der Waals surface area contributed by atoms with Crippen molar-refractivity contribution in [3.05, 3.63) is 93.5 Å². The number of aliphatic hydroxyl groups is 1. The van der Waals surface area contributed by atoms with Gasteiger partial charge in [0.25, 0.3) is 11.7 Å². The number of aliphatic hydroxyl groups excluding tert-OH is 1. The van der Waals surface area contributed by atoms with Crippen LogP contribution in [0.4, 0.5) is 5.69 Å². The number of rotatable bonds is 5. The number of hydrogen-bond donors (Lipinski definition) is 1. The number of anilines is 1. The summed E-state index contributed by atoms with van der Waals surface area (Å²) < 4.78 is 10.7. The summed E-state index contributed by atoms with van der Waals surface area (Å²) in [5, 5.41) is 12.0. The first-order chi connectivity index (χ1) is 17.5. The summed E-state index contributed by atoms with van der Waals surface area (Å²) in [5.74, 6) is -1.03. The zero-order valence-electron chi connectivity index (χ0n) is 21.8. The summed E-state index contributed by atoms with van der Waals surface area (Å²) in [4.78, 5) is 28.5. The highest BCUT2D eigenvalue weighted by molar-refractivity contribution is 6.52. The highest BCUT2D eigenvalue weighted by Crippen LogP contribution is 2.45. The van der Waals surface area contributed by atoms with Crippen LogP contribution in [-0.2, 0) is 15.0 Å². The highest BCUT2D eigenvalue weighted by Gasteiger charge is 2.47. The molecule has 4 rings (SSSR count). The van der Waals surface area contributed by atoms with E-state index in [0.29, 0.717) is 33.3 Å². The molecule has 0 spiro atoms. The molecule has 0 aliphatic carbocycles. The fourth-order valence-corrected chi connectivity index (χ4v) is 4.73. The van der Waals surface area contributed by atoms with Crippen molar-refractivity contribution in [3.8, 4) is 11.5 Å². The molecule has 0 radical (unpaired) electrons. The van der Waals surface area contributed by atoms with E-state index >= 15 is 0 Å². The first-order valence-electron chi connectivity index (χ1n) is 11.9. The molecule has 1 atom stereocenters. The predicted molar refractivity (Wildman–Crippen MR) is 146 cm³/mol. The second-order valence-electron chi connectivity index (χ2n) is 9.99. The average Bonchev–Trinajstić information content (AvgIpc) is 3.14. The Balaban J connectivity index is 1.99. The molecule has 1 heterocycles. The van der Waals surface area contributed by atoms with Crippen molar-refractivity contribution in [2.75, 3.05) is 19.1 Å². The number of benzene rings is 3. The van der Waals surface area contributed by atoms with E-state index < -0.39 is 17.7 Å². The van der Waals surface area contributed by atoms with Crippen LogP contribution in [0.2, 0.25) is 5.02 Å². The van der Waals surface area contributed by atoms with Crippen LogP contribution in [0, 0.1) is 6.92 Å².